The second-order valence-electron chi connectivity index (χ2n) is 6.46. The van der Waals surface area contributed by atoms with Crippen LogP contribution in [0.5, 0.6) is 0 Å². The van der Waals surface area contributed by atoms with Gasteiger partial charge in [0, 0.05) is 0 Å². The Morgan fingerprint density at radius 1 is 0.696 bits per heavy atom. The molecular weight excluding hydrogens is 308 g/mol. The van der Waals surface area contributed by atoms with Crippen molar-refractivity contribution in [1.82, 2.24) is 0 Å². The van der Waals surface area contributed by atoms with Crippen LogP contribution in [-0.4, -0.2) is 21.3 Å². The molecule has 0 rings (SSSR count). The Kier molecular flexibility index (Phi) is 16.3. The van der Waals surface area contributed by atoms with E-state index in [1.807, 2.05) is 0 Å². The zero-order valence-electron chi connectivity index (χ0n) is 15.4. The molecule has 3 nitrogen and oxygen atoms in total. The number of hydrogen-bond acceptors (Lipinski definition) is 3. The van der Waals surface area contributed by atoms with Crippen LogP contribution in [0.2, 0.25) is 0 Å². The Morgan fingerprint density at radius 2 is 1.13 bits per heavy atom. The maximum atomic E-state index is 10.8. The lowest BCUT2D eigenvalue weighted by Gasteiger charge is -2.02. The summed E-state index contributed by atoms with van der Waals surface area (Å²) in [5.74, 6) is 0. The molecule has 0 atom stereocenters. The van der Waals surface area contributed by atoms with E-state index in [4.69, 9.17) is 4.18 Å². The van der Waals surface area contributed by atoms with Gasteiger partial charge in [-0.3, -0.25) is 4.18 Å². The van der Waals surface area contributed by atoms with Gasteiger partial charge in [-0.15, -0.1) is 0 Å². The highest BCUT2D eigenvalue weighted by Gasteiger charge is 2.00. The molecular formula is C19H38O3S. The monoisotopic (exact) mass is 346 g/mol. The first kappa shape index (κ1) is 22.6. The molecule has 0 aliphatic rings. The average Bonchev–Trinajstić information content (AvgIpc) is 2.49. The summed E-state index contributed by atoms with van der Waals surface area (Å²) in [5, 5.41) is 0. The highest BCUT2D eigenvalue weighted by molar-refractivity contribution is 7.85. The smallest absolute Gasteiger partial charge is 0.264 e. The molecule has 0 N–H and O–H groups in total. The summed E-state index contributed by atoms with van der Waals surface area (Å²) >= 11 is 0. The maximum Gasteiger partial charge on any atom is 0.264 e. The van der Waals surface area contributed by atoms with Crippen molar-refractivity contribution in [1.29, 1.82) is 0 Å². The van der Waals surface area contributed by atoms with Gasteiger partial charge in [0.15, 0.2) is 0 Å². The minimum atomic E-state index is -3.25. The van der Waals surface area contributed by atoms with Crippen molar-refractivity contribution >= 4 is 10.1 Å². The first-order valence-electron chi connectivity index (χ1n) is 9.55. The Balaban J connectivity index is 3.12. The van der Waals surface area contributed by atoms with Gasteiger partial charge >= 0.3 is 0 Å². The lowest BCUT2D eigenvalue weighted by Crippen LogP contribution is -2.03. The Morgan fingerprint density at radius 3 is 1.61 bits per heavy atom. The summed E-state index contributed by atoms with van der Waals surface area (Å²) in [4.78, 5) is 0. The maximum absolute atomic E-state index is 10.8. The highest BCUT2D eigenvalue weighted by atomic mass is 32.2. The second-order valence-corrected chi connectivity index (χ2v) is 8.11. The van der Waals surface area contributed by atoms with Gasteiger partial charge in [-0.1, -0.05) is 76.9 Å². The van der Waals surface area contributed by atoms with Gasteiger partial charge in [0.1, 0.15) is 0 Å². The average molecular weight is 347 g/mol. The van der Waals surface area contributed by atoms with Crippen molar-refractivity contribution in [3.05, 3.63) is 12.2 Å². The van der Waals surface area contributed by atoms with E-state index < -0.39 is 10.1 Å². The highest BCUT2D eigenvalue weighted by Crippen LogP contribution is 2.10. The SMILES string of the molecule is CCCCCCC=CCCCCCCCCCCOS(C)(=O)=O. The summed E-state index contributed by atoms with van der Waals surface area (Å²) in [6, 6.07) is 0. The predicted molar refractivity (Wildman–Crippen MR) is 100 cm³/mol. The Labute approximate surface area is 145 Å². The minimum absolute atomic E-state index is 0.337. The van der Waals surface area contributed by atoms with Crippen molar-refractivity contribution < 1.29 is 12.6 Å². The first-order chi connectivity index (χ1) is 11.1. The van der Waals surface area contributed by atoms with Crippen LogP contribution in [-0.2, 0) is 14.3 Å². The third-order valence-corrected chi connectivity index (χ3v) is 4.55. The van der Waals surface area contributed by atoms with E-state index in [0.29, 0.717) is 6.61 Å². The van der Waals surface area contributed by atoms with Gasteiger partial charge in [-0.25, -0.2) is 0 Å². The van der Waals surface area contributed by atoms with E-state index in [1.165, 1.54) is 77.0 Å². The molecule has 0 saturated heterocycles. The Bertz CT molecular complexity index is 361. The minimum Gasteiger partial charge on any atom is -0.270 e. The molecule has 0 radical (unpaired) electrons. The van der Waals surface area contributed by atoms with Gasteiger partial charge < -0.3 is 0 Å². The molecule has 23 heavy (non-hydrogen) atoms. The summed E-state index contributed by atoms with van der Waals surface area (Å²) < 4.78 is 26.2. The largest absolute Gasteiger partial charge is 0.270 e. The quantitative estimate of drug-likeness (QED) is 0.184. The molecule has 0 spiro atoms. The number of allylic oxidation sites excluding steroid dienone is 2. The molecule has 0 bridgehead atoms. The van der Waals surface area contributed by atoms with E-state index in [-0.39, 0.29) is 0 Å². The third kappa shape index (κ3) is 21.6. The van der Waals surface area contributed by atoms with Crippen LogP contribution in [0.15, 0.2) is 12.2 Å². The van der Waals surface area contributed by atoms with Crippen molar-refractivity contribution in [2.24, 2.45) is 0 Å². The molecule has 0 aromatic carbocycles. The zero-order valence-corrected chi connectivity index (χ0v) is 16.2. The molecule has 4 heteroatoms. The summed E-state index contributed by atoms with van der Waals surface area (Å²) in [5.41, 5.74) is 0. The van der Waals surface area contributed by atoms with Gasteiger partial charge in [-0.05, 0) is 32.1 Å². The van der Waals surface area contributed by atoms with Gasteiger partial charge in [-0.2, -0.15) is 8.42 Å². The molecule has 0 saturated carbocycles. The fourth-order valence-electron chi connectivity index (χ4n) is 2.56. The van der Waals surface area contributed by atoms with Crippen LogP contribution in [0.1, 0.15) is 96.8 Å². The third-order valence-electron chi connectivity index (χ3n) is 3.95. The van der Waals surface area contributed by atoms with Crippen LogP contribution in [0, 0.1) is 0 Å². The van der Waals surface area contributed by atoms with Gasteiger partial charge in [0.25, 0.3) is 10.1 Å². The molecule has 138 valence electrons. The molecule has 0 aliphatic carbocycles. The normalized spacial score (nSPS) is 12.3. The molecule has 0 fully saturated rings. The second kappa shape index (κ2) is 16.5. The topological polar surface area (TPSA) is 43.4 Å². The number of unbranched alkanes of at least 4 members (excludes halogenated alkanes) is 12. The standard InChI is InChI=1S/C19H38O3S/c1-3-4-5-6-7-8-9-10-11-12-13-14-15-16-17-18-19-22-23(2,20)21/h8-9H,3-7,10-19H2,1-2H3. The molecule has 0 heterocycles. The molecule has 0 aromatic heterocycles. The zero-order chi connectivity index (χ0) is 17.2. The number of hydrogen-bond donors (Lipinski definition) is 0. The van der Waals surface area contributed by atoms with E-state index >= 15 is 0 Å². The van der Waals surface area contributed by atoms with Crippen molar-refractivity contribution in [2.45, 2.75) is 96.8 Å². The van der Waals surface area contributed by atoms with Crippen molar-refractivity contribution in [3.63, 3.8) is 0 Å². The summed E-state index contributed by atoms with van der Waals surface area (Å²) in [6.45, 7) is 2.59. The van der Waals surface area contributed by atoms with E-state index in [1.54, 1.807) is 0 Å². The van der Waals surface area contributed by atoms with Crippen LogP contribution < -0.4 is 0 Å². The molecule has 0 aromatic rings. The van der Waals surface area contributed by atoms with Gasteiger partial charge in [0.05, 0.1) is 12.9 Å². The van der Waals surface area contributed by atoms with Crippen molar-refractivity contribution in [2.75, 3.05) is 12.9 Å². The van der Waals surface area contributed by atoms with Crippen LogP contribution in [0.25, 0.3) is 0 Å². The fraction of sp³-hybridized carbons (Fsp3) is 0.895. The fourth-order valence-corrected chi connectivity index (χ4v) is 2.98. The lowest BCUT2D eigenvalue weighted by atomic mass is 10.1. The summed E-state index contributed by atoms with van der Waals surface area (Å²) in [7, 11) is -3.25. The van der Waals surface area contributed by atoms with E-state index in [9.17, 15) is 8.42 Å². The molecule has 0 unspecified atom stereocenters. The van der Waals surface area contributed by atoms with Crippen LogP contribution in [0.4, 0.5) is 0 Å². The molecule has 0 amide bonds. The van der Waals surface area contributed by atoms with Gasteiger partial charge in [0.2, 0.25) is 0 Å². The van der Waals surface area contributed by atoms with E-state index in [0.717, 1.165) is 19.1 Å². The lowest BCUT2D eigenvalue weighted by molar-refractivity contribution is 0.309. The predicted octanol–water partition coefficient (Wildman–Crippen LogP) is 6.00. The Hall–Kier alpha value is -0.350. The first-order valence-corrected chi connectivity index (χ1v) is 11.4. The van der Waals surface area contributed by atoms with Crippen molar-refractivity contribution in [3.8, 4) is 0 Å². The van der Waals surface area contributed by atoms with Crippen LogP contribution in [0.3, 0.4) is 0 Å². The summed E-state index contributed by atoms with van der Waals surface area (Å²) in [6.07, 6.45) is 23.3. The van der Waals surface area contributed by atoms with Crippen LogP contribution >= 0.6 is 0 Å². The molecule has 0 aliphatic heterocycles. The number of rotatable bonds is 17. The van der Waals surface area contributed by atoms with E-state index in [2.05, 4.69) is 19.1 Å².